The largest absolute Gasteiger partial charge is 0.454 e. The average molecular weight is 358 g/mol. The van der Waals surface area contributed by atoms with Crippen molar-refractivity contribution in [3.63, 3.8) is 0 Å². The van der Waals surface area contributed by atoms with Crippen LogP contribution in [0, 0.1) is 6.92 Å². The van der Waals surface area contributed by atoms with Crippen molar-refractivity contribution in [1.29, 1.82) is 0 Å². The number of carbonyl (C=O) groups excluding carboxylic acids is 2. The van der Waals surface area contributed by atoms with Crippen LogP contribution < -0.4 is 20.3 Å². The second-order valence-corrected chi connectivity index (χ2v) is 6.60. The lowest BCUT2D eigenvalue weighted by molar-refractivity contribution is -0.117. The zero-order valence-corrected chi connectivity index (χ0v) is 14.7. The summed E-state index contributed by atoms with van der Waals surface area (Å²) in [6, 6.07) is 7.21. The number of hydrogen-bond donors (Lipinski definition) is 2. The first-order chi connectivity index (χ1) is 12.1. The average Bonchev–Trinajstić information content (AvgIpc) is 3.23. The molecule has 25 heavy (non-hydrogen) atoms. The van der Waals surface area contributed by atoms with Crippen molar-refractivity contribution < 1.29 is 19.1 Å². The number of hydrazine groups is 1. The molecule has 0 saturated heterocycles. The molecule has 0 spiro atoms. The van der Waals surface area contributed by atoms with Crippen molar-refractivity contribution in [2.24, 2.45) is 0 Å². The van der Waals surface area contributed by atoms with E-state index in [1.807, 2.05) is 26.0 Å². The first kappa shape index (κ1) is 17.0. The van der Waals surface area contributed by atoms with Crippen LogP contribution in [0.15, 0.2) is 30.3 Å². The Balaban J connectivity index is 1.54. The van der Waals surface area contributed by atoms with Crippen LogP contribution >= 0.6 is 11.3 Å². The lowest BCUT2D eigenvalue weighted by Gasteiger charge is -2.03. The van der Waals surface area contributed by atoms with Crippen molar-refractivity contribution in [2.75, 3.05) is 6.79 Å². The van der Waals surface area contributed by atoms with Gasteiger partial charge in [-0.15, -0.1) is 11.3 Å². The zero-order chi connectivity index (χ0) is 17.8. The predicted octanol–water partition coefficient (Wildman–Crippen LogP) is 2.82. The van der Waals surface area contributed by atoms with E-state index >= 15 is 0 Å². The second-order valence-electron chi connectivity index (χ2n) is 5.46. The van der Waals surface area contributed by atoms with Crippen LogP contribution in [-0.4, -0.2) is 18.6 Å². The maximum Gasteiger partial charge on any atom is 0.279 e. The van der Waals surface area contributed by atoms with Gasteiger partial charge in [0.2, 0.25) is 6.79 Å². The smallest absolute Gasteiger partial charge is 0.279 e. The van der Waals surface area contributed by atoms with Crippen molar-refractivity contribution in [1.82, 2.24) is 10.9 Å². The summed E-state index contributed by atoms with van der Waals surface area (Å²) in [7, 11) is 0. The molecule has 2 heterocycles. The van der Waals surface area contributed by atoms with Crippen LogP contribution in [0.2, 0.25) is 0 Å². The minimum atomic E-state index is -0.421. The summed E-state index contributed by atoms with van der Waals surface area (Å²) in [4.78, 5) is 25.7. The zero-order valence-electron chi connectivity index (χ0n) is 13.9. The van der Waals surface area contributed by atoms with E-state index in [1.54, 1.807) is 18.2 Å². The molecule has 1 aliphatic rings. The maximum atomic E-state index is 12.1. The highest BCUT2D eigenvalue weighted by atomic mass is 32.1. The molecule has 0 atom stereocenters. The molecule has 6 nitrogen and oxygen atoms in total. The summed E-state index contributed by atoms with van der Waals surface area (Å²) >= 11 is 1.43. The first-order valence-electron chi connectivity index (χ1n) is 7.84. The summed E-state index contributed by atoms with van der Waals surface area (Å²) < 4.78 is 10.5. The predicted molar refractivity (Wildman–Crippen MR) is 95.6 cm³/mol. The van der Waals surface area contributed by atoms with E-state index in [0.717, 1.165) is 17.5 Å². The number of aryl methyl sites for hydroxylation is 2. The van der Waals surface area contributed by atoms with Crippen LogP contribution in [0.1, 0.15) is 32.6 Å². The Labute approximate surface area is 149 Å². The Bertz CT molecular complexity index is 842. The van der Waals surface area contributed by atoms with E-state index < -0.39 is 5.91 Å². The second kappa shape index (κ2) is 7.40. The summed E-state index contributed by atoms with van der Waals surface area (Å²) in [6.07, 6.45) is 3.86. The maximum absolute atomic E-state index is 12.1. The van der Waals surface area contributed by atoms with Gasteiger partial charge in [0, 0.05) is 11.0 Å². The summed E-state index contributed by atoms with van der Waals surface area (Å²) in [5, 5.41) is 0. The van der Waals surface area contributed by atoms with Gasteiger partial charge in [0.1, 0.15) is 0 Å². The number of thiophene rings is 1. The quantitative estimate of drug-likeness (QED) is 0.651. The molecular weight excluding hydrogens is 340 g/mol. The van der Waals surface area contributed by atoms with Gasteiger partial charge in [0.05, 0.1) is 4.88 Å². The van der Waals surface area contributed by atoms with Crippen LogP contribution in [0.25, 0.3) is 6.08 Å². The van der Waals surface area contributed by atoms with Gasteiger partial charge in [-0.3, -0.25) is 20.4 Å². The Kier molecular flexibility index (Phi) is 5.04. The summed E-state index contributed by atoms with van der Waals surface area (Å²) in [5.41, 5.74) is 6.68. The SMILES string of the molecule is CCc1sc(C(=O)NNC(=O)/C=C/c2ccc3c(c2)OCO3)cc1C. The highest BCUT2D eigenvalue weighted by molar-refractivity contribution is 7.14. The Morgan fingerprint density at radius 2 is 2.00 bits per heavy atom. The van der Waals surface area contributed by atoms with E-state index in [9.17, 15) is 9.59 Å². The van der Waals surface area contributed by atoms with Crippen molar-refractivity contribution in [2.45, 2.75) is 20.3 Å². The molecule has 1 aliphatic heterocycles. The van der Waals surface area contributed by atoms with Gasteiger partial charge in [0.25, 0.3) is 11.8 Å². The Hall–Kier alpha value is -2.80. The number of rotatable bonds is 4. The molecule has 3 rings (SSSR count). The van der Waals surface area contributed by atoms with E-state index in [2.05, 4.69) is 10.9 Å². The van der Waals surface area contributed by atoms with E-state index in [1.165, 1.54) is 22.3 Å². The molecule has 0 aliphatic carbocycles. The van der Waals surface area contributed by atoms with Crippen molar-refractivity contribution >= 4 is 29.2 Å². The molecular formula is C18H18N2O4S. The molecule has 0 saturated carbocycles. The Morgan fingerprint density at radius 1 is 1.20 bits per heavy atom. The fourth-order valence-electron chi connectivity index (χ4n) is 2.39. The van der Waals surface area contributed by atoms with Crippen molar-refractivity contribution in [3.8, 4) is 11.5 Å². The van der Waals surface area contributed by atoms with Crippen LogP contribution in [0.5, 0.6) is 11.5 Å². The monoisotopic (exact) mass is 358 g/mol. The third-order valence-electron chi connectivity index (χ3n) is 3.69. The number of benzene rings is 1. The number of hydrogen-bond acceptors (Lipinski definition) is 5. The minimum Gasteiger partial charge on any atom is -0.454 e. The molecule has 1 aromatic heterocycles. The third kappa shape index (κ3) is 4.00. The van der Waals surface area contributed by atoms with E-state index in [4.69, 9.17) is 9.47 Å². The fraction of sp³-hybridized carbons (Fsp3) is 0.222. The molecule has 130 valence electrons. The van der Waals surface area contributed by atoms with E-state index in [0.29, 0.717) is 16.4 Å². The molecule has 0 bridgehead atoms. The first-order valence-corrected chi connectivity index (χ1v) is 8.66. The van der Waals surface area contributed by atoms with Crippen LogP contribution in [0.4, 0.5) is 0 Å². The van der Waals surface area contributed by atoms with Crippen LogP contribution in [-0.2, 0) is 11.2 Å². The molecule has 1 aromatic carbocycles. The number of ether oxygens (including phenoxy) is 2. The standard InChI is InChI=1S/C18H18N2O4S/c1-3-15-11(2)8-16(25-15)18(22)20-19-17(21)7-5-12-4-6-13-14(9-12)24-10-23-13/h4-9H,3,10H2,1-2H3,(H,19,21)(H,20,22)/b7-5+. The van der Waals surface area contributed by atoms with Crippen LogP contribution in [0.3, 0.4) is 0 Å². The highest BCUT2D eigenvalue weighted by Crippen LogP contribution is 2.32. The number of carbonyl (C=O) groups is 2. The molecule has 2 amide bonds. The van der Waals surface area contributed by atoms with Gasteiger partial charge in [0.15, 0.2) is 11.5 Å². The van der Waals surface area contributed by atoms with Gasteiger partial charge in [-0.2, -0.15) is 0 Å². The molecule has 0 fully saturated rings. The number of amides is 2. The molecule has 0 unspecified atom stereocenters. The lowest BCUT2D eigenvalue weighted by Crippen LogP contribution is -2.40. The van der Waals surface area contributed by atoms with E-state index in [-0.39, 0.29) is 12.7 Å². The Morgan fingerprint density at radius 3 is 2.76 bits per heavy atom. The molecule has 2 N–H and O–H groups in total. The van der Waals surface area contributed by atoms with Gasteiger partial charge in [-0.05, 0) is 48.7 Å². The van der Waals surface area contributed by atoms with Gasteiger partial charge < -0.3 is 9.47 Å². The van der Waals surface area contributed by atoms with Gasteiger partial charge in [-0.25, -0.2) is 0 Å². The lowest BCUT2D eigenvalue weighted by atomic mass is 10.2. The number of nitrogens with one attached hydrogen (secondary N) is 2. The molecule has 0 radical (unpaired) electrons. The topological polar surface area (TPSA) is 76.7 Å². The molecule has 2 aromatic rings. The third-order valence-corrected chi connectivity index (χ3v) is 5.07. The number of fused-ring (bicyclic) bond motifs is 1. The van der Waals surface area contributed by atoms with Gasteiger partial charge in [-0.1, -0.05) is 13.0 Å². The normalized spacial score (nSPS) is 12.4. The summed E-state index contributed by atoms with van der Waals surface area (Å²) in [6.45, 7) is 4.22. The fourth-order valence-corrected chi connectivity index (χ4v) is 3.40. The minimum absolute atomic E-state index is 0.205. The summed E-state index contributed by atoms with van der Waals surface area (Å²) in [5.74, 6) is 0.592. The van der Waals surface area contributed by atoms with Crippen molar-refractivity contribution in [3.05, 3.63) is 51.2 Å². The van der Waals surface area contributed by atoms with Gasteiger partial charge >= 0.3 is 0 Å². The highest BCUT2D eigenvalue weighted by Gasteiger charge is 2.13. The molecule has 7 heteroatoms.